The largest absolute Gasteiger partial charge is 0.475 e. The van der Waals surface area contributed by atoms with Gasteiger partial charge in [-0.25, -0.2) is 0 Å². The molecule has 20 heavy (non-hydrogen) atoms. The highest BCUT2D eigenvalue weighted by Gasteiger charge is 2.12. The smallest absolute Gasteiger partial charge is 0.149 e. The zero-order chi connectivity index (χ0) is 13.7. The number of fused-ring (bicyclic) bond motifs is 1. The molecule has 4 heteroatoms. The van der Waals surface area contributed by atoms with Crippen molar-refractivity contribution in [3.05, 3.63) is 42.5 Å². The van der Waals surface area contributed by atoms with E-state index in [9.17, 15) is 0 Å². The van der Waals surface area contributed by atoms with Crippen LogP contribution in [0.1, 0.15) is 13.8 Å². The van der Waals surface area contributed by atoms with Gasteiger partial charge in [0.1, 0.15) is 12.0 Å². The van der Waals surface area contributed by atoms with Crippen molar-refractivity contribution >= 4 is 34.8 Å². The molecule has 0 N–H and O–H groups in total. The first-order chi connectivity index (χ1) is 9.24. The molecule has 0 amide bonds. The zero-order valence-corrected chi connectivity index (χ0v) is 13.5. The fourth-order valence-electron chi connectivity index (χ4n) is 2.22. The van der Waals surface area contributed by atoms with E-state index in [-0.39, 0.29) is 18.6 Å². The SMILES string of the molecule is CCN(CCCl)C(C)Oc1ccc2ccccc2c1.Cl. The monoisotopic (exact) mass is 313 g/mol. The van der Waals surface area contributed by atoms with Gasteiger partial charge in [-0.15, -0.1) is 24.0 Å². The molecule has 2 rings (SSSR count). The van der Waals surface area contributed by atoms with Crippen LogP contribution in [0.4, 0.5) is 0 Å². The van der Waals surface area contributed by atoms with E-state index >= 15 is 0 Å². The Morgan fingerprint density at radius 3 is 2.50 bits per heavy atom. The number of hydrogen-bond acceptors (Lipinski definition) is 2. The summed E-state index contributed by atoms with van der Waals surface area (Å²) in [6.45, 7) is 5.95. The molecule has 1 atom stereocenters. The van der Waals surface area contributed by atoms with Crippen LogP contribution in [0.25, 0.3) is 10.8 Å². The van der Waals surface area contributed by atoms with Gasteiger partial charge in [-0.2, -0.15) is 0 Å². The minimum absolute atomic E-state index is 0. The van der Waals surface area contributed by atoms with Gasteiger partial charge in [0, 0.05) is 12.4 Å². The van der Waals surface area contributed by atoms with Crippen LogP contribution in [0.15, 0.2) is 42.5 Å². The number of ether oxygens (including phenoxy) is 1. The second-order valence-electron chi connectivity index (χ2n) is 4.54. The molecule has 2 nitrogen and oxygen atoms in total. The van der Waals surface area contributed by atoms with Crippen LogP contribution >= 0.6 is 24.0 Å². The molecule has 1 unspecified atom stereocenters. The van der Waals surface area contributed by atoms with Crippen LogP contribution in [0, 0.1) is 0 Å². The minimum Gasteiger partial charge on any atom is -0.475 e. The quantitative estimate of drug-likeness (QED) is 0.573. The normalized spacial score (nSPS) is 12.2. The Balaban J connectivity index is 0.00000200. The number of nitrogens with zero attached hydrogens (tertiary/aromatic N) is 1. The van der Waals surface area contributed by atoms with Gasteiger partial charge in [-0.05, 0) is 36.4 Å². The Morgan fingerprint density at radius 1 is 1.15 bits per heavy atom. The molecular weight excluding hydrogens is 293 g/mol. The average molecular weight is 314 g/mol. The number of benzene rings is 2. The Kier molecular flexibility index (Phi) is 7.14. The summed E-state index contributed by atoms with van der Waals surface area (Å²) in [5, 5.41) is 2.43. The summed E-state index contributed by atoms with van der Waals surface area (Å²) in [6.07, 6.45) is 0.0323. The van der Waals surface area contributed by atoms with E-state index in [0.29, 0.717) is 5.88 Å². The lowest BCUT2D eigenvalue weighted by molar-refractivity contribution is 0.0488. The highest BCUT2D eigenvalue weighted by atomic mass is 35.5. The Bertz CT molecular complexity index is 533. The van der Waals surface area contributed by atoms with Crippen molar-refractivity contribution in [2.75, 3.05) is 19.0 Å². The minimum atomic E-state index is 0. The fraction of sp³-hybridized carbons (Fsp3) is 0.375. The molecule has 0 aliphatic heterocycles. The van der Waals surface area contributed by atoms with E-state index in [1.54, 1.807) is 0 Å². The molecule has 2 aromatic carbocycles. The summed E-state index contributed by atoms with van der Waals surface area (Å²) in [5.41, 5.74) is 0. The average Bonchev–Trinajstić information content (AvgIpc) is 2.44. The third kappa shape index (κ3) is 4.27. The molecular formula is C16H21Cl2NO. The van der Waals surface area contributed by atoms with Gasteiger partial charge in [0.2, 0.25) is 0 Å². The van der Waals surface area contributed by atoms with E-state index in [1.807, 2.05) is 18.2 Å². The summed E-state index contributed by atoms with van der Waals surface area (Å²) in [4.78, 5) is 2.21. The lowest BCUT2D eigenvalue weighted by atomic mass is 10.1. The van der Waals surface area contributed by atoms with Gasteiger partial charge in [0.05, 0.1) is 0 Å². The van der Waals surface area contributed by atoms with Crippen molar-refractivity contribution in [1.29, 1.82) is 0 Å². The standard InChI is InChI=1S/C16H20ClNO.ClH/c1-3-18(11-10-17)13(2)19-16-9-8-14-6-4-5-7-15(14)12-16;/h4-9,12-13H,3,10-11H2,1-2H3;1H. The summed E-state index contributed by atoms with van der Waals surface area (Å²) >= 11 is 5.80. The highest BCUT2D eigenvalue weighted by molar-refractivity contribution is 6.18. The van der Waals surface area contributed by atoms with Crippen LogP contribution < -0.4 is 4.74 Å². The molecule has 0 saturated heterocycles. The predicted octanol–water partition coefficient (Wildman–Crippen LogP) is 4.55. The van der Waals surface area contributed by atoms with Crippen molar-refractivity contribution in [1.82, 2.24) is 4.90 Å². The summed E-state index contributed by atoms with van der Waals surface area (Å²) in [6, 6.07) is 14.5. The van der Waals surface area contributed by atoms with E-state index < -0.39 is 0 Å². The summed E-state index contributed by atoms with van der Waals surface area (Å²) in [7, 11) is 0. The second kappa shape index (κ2) is 8.35. The second-order valence-corrected chi connectivity index (χ2v) is 4.92. The van der Waals surface area contributed by atoms with Gasteiger partial charge in [-0.3, -0.25) is 4.90 Å². The first kappa shape index (κ1) is 17.1. The molecule has 0 saturated carbocycles. The molecule has 0 spiro atoms. The molecule has 0 bridgehead atoms. The van der Waals surface area contributed by atoms with E-state index in [0.717, 1.165) is 18.8 Å². The van der Waals surface area contributed by atoms with Gasteiger partial charge in [-0.1, -0.05) is 37.3 Å². The Labute approximate surface area is 132 Å². The van der Waals surface area contributed by atoms with Crippen molar-refractivity contribution in [3.63, 3.8) is 0 Å². The molecule has 110 valence electrons. The predicted molar refractivity (Wildman–Crippen MR) is 89.3 cm³/mol. The lowest BCUT2D eigenvalue weighted by Gasteiger charge is -2.27. The first-order valence-electron chi connectivity index (χ1n) is 6.70. The zero-order valence-electron chi connectivity index (χ0n) is 11.9. The molecule has 0 aliphatic rings. The van der Waals surface area contributed by atoms with Crippen molar-refractivity contribution in [3.8, 4) is 5.75 Å². The molecule has 2 aromatic rings. The van der Waals surface area contributed by atoms with Crippen LogP contribution in [0.2, 0.25) is 0 Å². The van der Waals surface area contributed by atoms with Gasteiger partial charge < -0.3 is 4.74 Å². The van der Waals surface area contributed by atoms with Crippen LogP contribution in [0.5, 0.6) is 5.75 Å². The van der Waals surface area contributed by atoms with Crippen LogP contribution in [-0.4, -0.2) is 30.1 Å². The molecule has 0 aromatic heterocycles. The third-order valence-electron chi connectivity index (χ3n) is 3.32. The van der Waals surface area contributed by atoms with Crippen molar-refractivity contribution < 1.29 is 4.74 Å². The fourth-order valence-corrected chi connectivity index (χ4v) is 2.43. The molecule has 0 heterocycles. The van der Waals surface area contributed by atoms with Crippen molar-refractivity contribution in [2.24, 2.45) is 0 Å². The van der Waals surface area contributed by atoms with Crippen LogP contribution in [0.3, 0.4) is 0 Å². The van der Waals surface area contributed by atoms with E-state index in [4.69, 9.17) is 16.3 Å². The maximum absolute atomic E-state index is 6.00. The van der Waals surface area contributed by atoms with E-state index in [2.05, 4.69) is 43.0 Å². The molecule has 0 fully saturated rings. The lowest BCUT2D eigenvalue weighted by Crippen LogP contribution is -2.38. The number of halogens is 2. The highest BCUT2D eigenvalue weighted by Crippen LogP contribution is 2.21. The number of rotatable bonds is 6. The van der Waals surface area contributed by atoms with Gasteiger partial charge in [0.15, 0.2) is 0 Å². The van der Waals surface area contributed by atoms with E-state index in [1.165, 1.54) is 10.8 Å². The van der Waals surface area contributed by atoms with Gasteiger partial charge in [0.25, 0.3) is 0 Å². The summed E-state index contributed by atoms with van der Waals surface area (Å²) in [5.74, 6) is 1.53. The number of alkyl halides is 1. The third-order valence-corrected chi connectivity index (χ3v) is 3.49. The maximum Gasteiger partial charge on any atom is 0.149 e. The Morgan fingerprint density at radius 2 is 1.85 bits per heavy atom. The molecule has 0 radical (unpaired) electrons. The van der Waals surface area contributed by atoms with Crippen molar-refractivity contribution in [2.45, 2.75) is 20.1 Å². The first-order valence-corrected chi connectivity index (χ1v) is 7.23. The summed E-state index contributed by atoms with van der Waals surface area (Å²) < 4.78 is 6.00. The Hall–Kier alpha value is -0.960. The van der Waals surface area contributed by atoms with Crippen LogP contribution in [-0.2, 0) is 0 Å². The molecule has 0 aliphatic carbocycles. The maximum atomic E-state index is 6.00. The number of hydrogen-bond donors (Lipinski definition) is 0. The topological polar surface area (TPSA) is 12.5 Å². The van der Waals surface area contributed by atoms with Gasteiger partial charge >= 0.3 is 0 Å².